The third kappa shape index (κ3) is 5.94. The molecule has 0 aliphatic rings. The van der Waals surface area contributed by atoms with Crippen LogP contribution in [-0.4, -0.2) is 43.0 Å². The van der Waals surface area contributed by atoms with Gasteiger partial charge in [0.25, 0.3) is 0 Å². The molecule has 0 saturated heterocycles. The Labute approximate surface area is 130 Å². The number of amides is 1. The molecule has 0 bridgehead atoms. The van der Waals surface area contributed by atoms with Gasteiger partial charge in [-0.05, 0) is 37.4 Å². The van der Waals surface area contributed by atoms with Crippen molar-refractivity contribution in [1.29, 1.82) is 5.26 Å². The highest BCUT2D eigenvalue weighted by Crippen LogP contribution is 2.11. The number of esters is 1. The molecule has 0 fully saturated rings. The van der Waals surface area contributed by atoms with Crippen molar-refractivity contribution in [1.82, 2.24) is 4.90 Å². The van der Waals surface area contributed by atoms with Crippen LogP contribution in [0.1, 0.15) is 30.6 Å². The normalized spacial score (nSPS) is 10.1. The minimum atomic E-state index is -0.387. The average Bonchev–Trinajstić information content (AvgIpc) is 2.52. The summed E-state index contributed by atoms with van der Waals surface area (Å²) in [7, 11) is 0. The van der Waals surface area contributed by atoms with Crippen molar-refractivity contribution in [2.45, 2.75) is 20.3 Å². The molecule has 0 heterocycles. The summed E-state index contributed by atoms with van der Waals surface area (Å²) in [5, 5.41) is 11.0. The van der Waals surface area contributed by atoms with Crippen molar-refractivity contribution in [3.63, 3.8) is 0 Å². The van der Waals surface area contributed by atoms with Crippen molar-refractivity contribution in [3.05, 3.63) is 29.8 Å². The smallest absolute Gasteiger partial charge is 0.338 e. The third-order valence-electron chi connectivity index (χ3n) is 3.18. The van der Waals surface area contributed by atoms with Gasteiger partial charge >= 0.3 is 5.97 Å². The van der Waals surface area contributed by atoms with Gasteiger partial charge in [0.1, 0.15) is 13.0 Å². The molecule has 1 aromatic rings. The number of rotatable bonds is 8. The lowest BCUT2D eigenvalue weighted by Gasteiger charge is -2.17. The Kier molecular flexibility index (Phi) is 7.65. The van der Waals surface area contributed by atoms with Gasteiger partial charge in [-0.15, -0.1) is 0 Å². The van der Waals surface area contributed by atoms with Crippen molar-refractivity contribution in [2.24, 2.45) is 0 Å². The van der Waals surface area contributed by atoms with Crippen LogP contribution in [0.25, 0.3) is 0 Å². The summed E-state index contributed by atoms with van der Waals surface area (Å²) < 4.78 is 5.21. The molecule has 22 heavy (non-hydrogen) atoms. The van der Waals surface area contributed by atoms with Crippen molar-refractivity contribution >= 4 is 17.6 Å². The minimum Gasteiger partial charge on any atom is -0.461 e. The summed E-state index contributed by atoms with van der Waals surface area (Å²) in [5.74, 6) is -0.765. The number of nitrogens with zero attached hydrogens (tertiary/aromatic N) is 2. The zero-order valence-electron chi connectivity index (χ0n) is 13.0. The Morgan fingerprint density at radius 3 is 2.41 bits per heavy atom. The Morgan fingerprint density at radius 2 is 1.86 bits per heavy atom. The van der Waals surface area contributed by atoms with Crippen LogP contribution < -0.4 is 5.32 Å². The van der Waals surface area contributed by atoms with Crippen LogP contribution in [0.15, 0.2) is 24.3 Å². The largest absolute Gasteiger partial charge is 0.461 e. The first-order chi connectivity index (χ1) is 10.6. The highest BCUT2D eigenvalue weighted by Gasteiger charge is 2.08. The predicted octanol–water partition coefficient (Wildman–Crippen LogP) is 2.04. The van der Waals surface area contributed by atoms with Crippen molar-refractivity contribution < 1.29 is 14.3 Å². The van der Waals surface area contributed by atoms with Crippen LogP contribution in [0, 0.1) is 11.3 Å². The number of nitriles is 1. The van der Waals surface area contributed by atoms with Crippen LogP contribution in [0.5, 0.6) is 0 Å². The molecular formula is C16H21N3O3. The summed E-state index contributed by atoms with van der Waals surface area (Å²) >= 11 is 0. The summed E-state index contributed by atoms with van der Waals surface area (Å²) in [6.07, 6.45) is -0.199. The van der Waals surface area contributed by atoms with Gasteiger partial charge in [-0.2, -0.15) is 5.26 Å². The number of carbonyl (C=O) groups excluding carboxylic acids is 2. The van der Waals surface area contributed by atoms with Gasteiger partial charge in [-0.25, -0.2) is 4.79 Å². The van der Waals surface area contributed by atoms with Gasteiger partial charge < -0.3 is 15.0 Å². The first-order valence-electron chi connectivity index (χ1n) is 7.27. The first-order valence-corrected chi connectivity index (χ1v) is 7.27. The van der Waals surface area contributed by atoms with E-state index in [1.54, 1.807) is 30.3 Å². The van der Waals surface area contributed by atoms with E-state index in [4.69, 9.17) is 10.00 Å². The summed E-state index contributed by atoms with van der Waals surface area (Å²) in [5.41, 5.74) is 0.970. The number of carbonyl (C=O) groups is 2. The molecule has 1 N–H and O–H groups in total. The fraction of sp³-hybridized carbons (Fsp3) is 0.438. The number of likely N-dealkylation sites (N-methyl/N-ethyl adjacent to an activating group) is 1. The SMILES string of the molecule is CCN(CC)CCOC(=O)c1ccc(NC(=O)CC#N)cc1. The minimum absolute atomic E-state index is 0.199. The van der Waals surface area contributed by atoms with Gasteiger partial charge in [0, 0.05) is 12.2 Å². The zero-order valence-corrected chi connectivity index (χ0v) is 13.0. The molecule has 0 saturated carbocycles. The maximum absolute atomic E-state index is 11.9. The van der Waals surface area contributed by atoms with Crippen molar-refractivity contribution in [3.8, 4) is 6.07 Å². The summed E-state index contributed by atoms with van der Waals surface area (Å²) in [6, 6.07) is 8.15. The molecule has 0 radical (unpaired) electrons. The van der Waals surface area contributed by atoms with E-state index in [1.165, 1.54) is 0 Å². The number of ether oxygens (including phenoxy) is 1. The highest BCUT2D eigenvalue weighted by atomic mass is 16.5. The zero-order chi connectivity index (χ0) is 16.4. The van der Waals surface area contributed by atoms with E-state index < -0.39 is 0 Å². The lowest BCUT2D eigenvalue weighted by atomic mass is 10.2. The van der Waals surface area contributed by atoms with E-state index in [0.29, 0.717) is 24.4 Å². The van der Waals surface area contributed by atoms with E-state index in [-0.39, 0.29) is 18.3 Å². The second kappa shape index (κ2) is 9.53. The maximum Gasteiger partial charge on any atom is 0.338 e. The second-order valence-corrected chi connectivity index (χ2v) is 4.62. The molecule has 0 aromatic heterocycles. The van der Waals surface area contributed by atoms with E-state index in [0.717, 1.165) is 13.1 Å². The predicted molar refractivity (Wildman–Crippen MR) is 83.4 cm³/mol. The summed E-state index contributed by atoms with van der Waals surface area (Å²) in [4.78, 5) is 25.3. The number of hydrogen-bond donors (Lipinski definition) is 1. The standard InChI is InChI=1S/C16H21N3O3/c1-3-19(4-2)11-12-22-16(21)13-5-7-14(8-6-13)18-15(20)9-10-17/h5-8H,3-4,9,11-12H2,1-2H3,(H,18,20). The Morgan fingerprint density at radius 1 is 1.23 bits per heavy atom. The maximum atomic E-state index is 11.9. The van der Waals surface area contributed by atoms with Crippen LogP contribution in [0.4, 0.5) is 5.69 Å². The molecular weight excluding hydrogens is 282 g/mol. The lowest BCUT2D eigenvalue weighted by Crippen LogP contribution is -2.27. The fourth-order valence-corrected chi connectivity index (χ4v) is 1.86. The molecule has 0 aliphatic heterocycles. The first kappa shape index (κ1) is 17.7. The summed E-state index contributed by atoms with van der Waals surface area (Å²) in [6.45, 7) is 7.02. The number of benzene rings is 1. The van der Waals surface area contributed by atoms with Crippen LogP contribution in [0.3, 0.4) is 0 Å². The molecule has 6 heteroatoms. The Balaban J connectivity index is 2.47. The van der Waals surface area contributed by atoms with E-state index in [9.17, 15) is 9.59 Å². The van der Waals surface area contributed by atoms with Crippen LogP contribution >= 0.6 is 0 Å². The molecule has 1 aromatic carbocycles. The van der Waals surface area contributed by atoms with Gasteiger partial charge in [0.2, 0.25) is 5.91 Å². The fourth-order valence-electron chi connectivity index (χ4n) is 1.86. The molecule has 6 nitrogen and oxygen atoms in total. The molecule has 118 valence electrons. The van der Waals surface area contributed by atoms with Gasteiger partial charge in [0.05, 0.1) is 11.6 Å². The molecule has 0 aliphatic carbocycles. The Hall–Kier alpha value is -2.39. The molecule has 0 atom stereocenters. The number of hydrogen-bond acceptors (Lipinski definition) is 5. The van der Waals surface area contributed by atoms with E-state index in [1.807, 2.05) is 0 Å². The monoisotopic (exact) mass is 303 g/mol. The van der Waals surface area contributed by atoms with E-state index >= 15 is 0 Å². The highest BCUT2D eigenvalue weighted by molar-refractivity contribution is 5.93. The quantitative estimate of drug-likeness (QED) is 0.743. The van der Waals surface area contributed by atoms with Crippen LogP contribution in [-0.2, 0) is 9.53 Å². The molecule has 1 rings (SSSR count). The Bertz CT molecular complexity index is 531. The lowest BCUT2D eigenvalue weighted by molar-refractivity contribution is -0.115. The van der Waals surface area contributed by atoms with Gasteiger partial charge in [0.15, 0.2) is 0 Å². The molecule has 0 unspecified atom stereocenters. The van der Waals surface area contributed by atoms with Gasteiger partial charge in [-0.3, -0.25) is 4.79 Å². The van der Waals surface area contributed by atoms with Crippen molar-refractivity contribution in [2.75, 3.05) is 31.6 Å². The topological polar surface area (TPSA) is 82.4 Å². The van der Waals surface area contributed by atoms with Gasteiger partial charge in [-0.1, -0.05) is 13.8 Å². The third-order valence-corrected chi connectivity index (χ3v) is 3.18. The number of anilines is 1. The van der Waals surface area contributed by atoms with E-state index in [2.05, 4.69) is 24.1 Å². The molecule has 0 spiro atoms. The number of nitrogens with one attached hydrogen (secondary N) is 1. The molecule has 1 amide bonds. The van der Waals surface area contributed by atoms with Crippen LogP contribution in [0.2, 0.25) is 0 Å². The second-order valence-electron chi connectivity index (χ2n) is 4.62. The average molecular weight is 303 g/mol.